The Bertz CT molecular complexity index is 1930. The van der Waals surface area contributed by atoms with Gasteiger partial charge in [-0.1, -0.05) is 48.5 Å². The van der Waals surface area contributed by atoms with Gasteiger partial charge in [-0.05, 0) is 60.7 Å². The van der Waals surface area contributed by atoms with E-state index in [1.807, 2.05) is 48.5 Å². The lowest BCUT2D eigenvalue weighted by atomic mass is 9.95. The monoisotopic (exact) mass is 709 g/mol. The first-order valence-corrected chi connectivity index (χ1v) is 15.9. The second-order valence-electron chi connectivity index (χ2n) is 13.3. The third kappa shape index (κ3) is 6.87. The van der Waals surface area contributed by atoms with E-state index in [0.717, 1.165) is 27.2 Å². The van der Waals surface area contributed by atoms with Gasteiger partial charge in [0.05, 0.1) is 6.54 Å². The maximum absolute atomic E-state index is 14.7. The molecule has 6 rings (SSSR count). The number of hydrogen-bond acceptors (Lipinski definition) is 8. The van der Waals surface area contributed by atoms with E-state index in [2.05, 4.69) is 10.3 Å². The van der Waals surface area contributed by atoms with Gasteiger partial charge in [-0.3, -0.25) is 15.2 Å². The predicted molar refractivity (Wildman–Crippen MR) is 172 cm³/mol. The molecule has 51 heavy (non-hydrogen) atoms. The summed E-state index contributed by atoms with van der Waals surface area (Å²) in [6.07, 6.45) is 1.31. The van der Waals surface area contributed by atoms with Crippen molar-refractivity contribution in [2.45, 2.75) is 56.8 Å². The number of aromatic nitrogens is 1. The summed E-state index contributed by atoms with van der Waals surface area (Å²) >= 11 is 0. The van der Waals surface area contributed by atoms with Crippen molar-refractivity contribution in [3.8, 4) is 16.9 Å². The molecule has 1 N–H and O–H groups in total. The highest BCUT2D eigenvalue weighted by Gasteiger charge is 2.56. The van der Waals surface area contributed by atoms with Crippen molar-refractivity contribution in [2.75, 3.05) is 13.2 Å². The zero-order chi connectivity index (χ0) is 36.7. The van der Waals surface area contributed by atoms with Crippen molar-refractivity contribution in [3.63, 3.8) is 0 Å². The van der Waals surface area contributed by atoms with Gasteiger partial charge in [0.25, 0.3) is 0 Å². The number of benzene rings is 3. The van der Waals surface area contributed by atoms with Crippen LogP contribution in [0.4, 0.5) is 26.7 Å². The molecule has 266 valence electrons. The van der Waals surface area contributed by atoms with Gasteiger partial charge in [-0.2, -0.15) is 8.78 Å². The summed E-state index contributed by atoms with van der Waals surface area (Å²) < 4.78 is 87.6. The lowest BCUT2D eigenvalue weighted by molar-refractivity contribution is -0.159. The number of nitrogens with one attached hydrogen (secondary N) is 1. The molecule has 1 aliphatic carbocycles. The zero-order valence-corrected chi connectivity index (χ0v) is 27.6. The molecule has 4 aromatic rings. The fourth-order valence-electron chi connectivity index (χ4n) is 6.34. The minimum Gasteiger partial charge on any atom is -0.458 e. The first-order valence-electron chi connectivity index (χ1n) is 15.9. The van der Waals surface area contributed by atoms with Gasteiger partial charge >= 0.3 is 18.0 Å². The Morgan fingerprint density at radius 1 is 0.843 bits per heavy atom. The first kappa shape index (κ1) is 35.5. The third-order valence-corrected chi connectivity index (χ3v) is 8.74. The fraction of sp³-hybridized carbons (Fsp3) is 0.297. The molecular weight excluding hydrogens is 677 g/mol. The standard InChI is InChI=1S/C37H32F5N3O6/c1-36(2,3)51-33(46)26-16-37(44-17-20-12-14-43-15-13-20,34(47)50-32-30(41)28(39)27(38)29(40)31(32)42)19-45(26)35(48)49-18-25-23-10-6-4-8-21(23)22-9-5-7-11-24(22)25/h4-15,25-26,44H,16-19H2,1-3H3/t26-,37-/m1/s1. The van der Waals surface area contributed by atoms with E-state index in [1.165, 1.54) is 12.4 Å². The summed E-state index contributed by atoms with van der Waals surface area (Å²) in [5, 5.41) is 2.90. The van der Waals surface area contributed by atoms with Crippen LogP contribution in [0.5, 0.6) is 5.75 Å². The fourth-order valence-corrected chi connectivity index (χ4v) is 6.34. The highest BCUT2D eigenvalue weighted by atomic mass is 19.2. The Balaban J connectivity index is 1.34. The van der Waals surface area contributed by atoms with E-state index in [9.17, 15) is 36.3 Å². The quantitative estimate of drug-likeness (QED) is 0.0720. The van der Waals surface area contributed by atoms with Crippen LogP contribution in [-0.2, 0) is 25.6 Å². The average Bonchev–Trinajstić information content (AvgIpc) is 3.67. The van der Waals surface area contributed by atoms with Crippen molar-refractivity contribution in [1.82, 2.24) is 15.2 Å². The smallest absolute Gasteiger partial charge is 0.410 e. The van der Waals surface area contributed by atoms with Crippen molar-refractivity contribution in [2.24, 2.45) is 0 Å². The number of nitrogens with zero attached hydrogens (tertiary/aromatic N) is 2. The molecule has 1 aliphatic heterocycles. The number of ether oxygens (including phenoxy) is 3. The van der Waals surface area contributed by atoms with Crippen LogP contribution in [0.15, 0.2) is 73.1 Å². The zero-order valence-electron chi connectivity index (χ0n) is 27.6. The van der Waals surface area contributed by atoms with E-state index in [1.54, 1.807) is 32.9 Å². The molecule has 2 heterocycles. The Morgan fingerprint density at radius 2 is 1.39 bits per heavy atom. The number of carbonyl (C=O) groups excluding carboxylic acids is 3. The SMILES string of the molecule is CC(C)(C)OC(=O)[C@H]1C[C@](NCc2ccncc2)(C(=O)Oc2c(F)c(F)c(F)c(F)c2F)CN1C(=O)OCC1c2ccccc2-c2ccccc21. The Morgan fingerprint density at radius 3 is 1.96 bits per heavy atom. The van der Waals surface area contributed by atoms with Crippen LogP contribution in [0, 0.1) is 29.1 Å². The molecule has 14 heteroatoms. The molecular formula is C37H32F5N3O6. The highest BCUT2D eigenvalue weighted by molar-refractivity contribution is 5.90. The summed E-state index contributed by atoms with van der Waals surface area (Å²) in [6.45, 7) is 3.80. The normalized spacial score (nSPS) is 18.3. The molecule has 0 radical (unpaired) electrons. The van der Waals surface area contributed by atoms with Gasteiger partial charge in [-0.25, -0.2) is 27.6 Å². The van der Waals surface area contributed by atoms with Crippen LogP contribution < -0.4 is 10.1 Å². The van der Waals surface area contributed by atoms with Crippen LogP contribution in [0.3, 0.4) is 0 Å². The van der Waals surface area contributed by atoms with Gasteiger partial charge in [0.15, 0.2) is 0 Å². The van der Waals surface area contributed by atoms with Gasteiger partial charge in [0, 0.05) is 31.3 Å². The molecule has 1 aromatic heterocycles. The summed E-state index contributed by atoms with van der Waals surface area (Å²) in [6, 6.07) is 16.9. The van der Waals surface area contributed by atoms with Crippen molar-refractivity contribution in [3.05, 3.63) is 119 Å². The number of rotatable bonds is 8. The van der Waals surface area contributed by atoms with E-state index < -0.39 is 83.0 Å². The molecule has 1 saturated heterocycles. The first-order chi connectivity index (χ1) is 24.2. The second kappa shape index (κ2) is 13.7. The van der Waals surface area contributed by atoms with E-state index >= 15 is 0 Å². The second-order valence-corrected chi connectivity index (χ2v) is 13.3. The van der Waals surface area contributed by atoms with Crippen LogP contribution in [0.25, 0.3) is 11.1 Å². The number of hydrogen-bond donors (Lipinski definition) is 1. The predicted octanol–water partition coefficient (Wildman–Crippen LogP) is 6.58. The van der Waals surface area contributed by atoms with Crippen LogP contribution in [0.2, 0.25) is 0 Å². The molecule has 2 atom stereocenters. The number of likely N-dealkylation sites (tertiary alicyclic amines) is 1. The molecule has 0 bridgehead atoms. The van der Waals surface area contributed by atoms with Crippen LogP contribution in [-0.4, -0.2) is 58.2 Å². The molecule has 0 spiro atoms. The molecule has 3 aromatic carbocycles. The Hall–Kier alpha value is -5.37. The van der Waals surface area contributed by atoms with E-state index in [4.69, 9.17) is 14.2 Å². The maximum atomic E-state index is 14.7. The molecule has 9 nitrogen and oxygen atoms in total. The summed E-state index contributed by atoms with van der Waals surface area (Å²) in [7, 11) is 0. The third-order valence-electron chi connectivity index (χ3n) is 8.74. The Kier molecular flexibility index (Phi) is 9.55. The van der Waals surface area contributed by atoms with Gasteiger partial charge in [0.1, 0.15) is 23.8 Å². The largest absolute Gasteiger partial charge is 0.458 e. The van der Waals surface area contributed by atoms with Gasteiger partial charge in [-0.15, -0.1) is 0 Å². The Labute approximate surface area is 289 Å². The van der Waals surface area contributed by atoms with Crippen molar-refractivity contribution in [1.29, 1.82) is 0 Å². The topological polar surface area (TPSA) is 107 Å². The molecule has 1 fully saturated rings. The van der Waals surface area contributed by atoms with Crippen LogP contribution in [0.1, 0.15) is 49.8 Å². The number of fused-ring (bicyclic) bond motifs is 3. The molecule has 0 unspecified atom stereocenters. The highest BCUT2D eigenvalue weighted by Crippen LogP contribution is 2.45. The van der Waals surface area contributed by atoms with E-state index in [-0.39, 0.29) is 19.1 Å². The number of halogens is 5. The maximum Gasteiger partial charge on any atom is 0.410 e. The average molecular weight is 710 g/mol. The molecule has 0 saturated carbocycles. The number of pyridine rings is 1. The van der Waals surface area contributed by atoms with Gasteiger partial charge < -0.3 is 14.2 Å². The van der Waals surface area contributed by atoms with Crippen molar-refractivity contribution < 1.29 is 50.5 Å². The van der Waals surface area contributed by atoms with Crippen molar-refractivity contribution >= 4 is 18.0 Å². The summed E-state index contributed by atoms with van der Waals surface area (Å²) in [5.41, 5.74) is 1.13. The minimum absolute atomic E-state index is 0.131. The van der Waals surface area contributed by atoms with Gasteiger partial charge in [0.2, 0.25) is 34.8 Å². The lowest BCUT2D eigenvalue weighted by Crippen LogP contribution is -2.56. The summed E-state index contributed by atoms with van der Waals surface area (Å²) in [4.78, 5) is 46.3. The number of amides is 1. The van der Waals surface area contributed by atoms with E-state index in [0.29, 0.717) is 5.56 Å². The molecule has 1 amide bonds. The summed E-state index contributed by atoms with van der Waals surface area (Å²) in [5.74, 6) is -16.5. The minimum atomic E-state index is -2.44. The number of carbonyl (C=O) groups is 3. The lowest BCUT2D eigenvalue weighted by Gasteiger charge is -2.28. The van der Waals surface area contributed by atoms with Crippen LogP contribution >= 0.6 is 0 Å². The number of esters is 2. The molecule has 2 aliphatic rings.